The van der Waals surface area contributed by atoms with Crippen LogP contribution in [0.5, 0.6) is 0 Å². The molecule has 19 heavy (non-hydrogen) atoms. The maximum Gasteiger partial charge on any atom is 0.363 e. The second kappa shape index (κ2) is 5.26. The summed E-state index contributed by atoms with van der Waals surface area (Å²) in [7, 11) is 0. The van der Waals surface area contributed by atoms with Gasteiger partial charge in [0.05, 0.1) is 5.56 Å². The van der Waals surface area contributed by atoms with E-state index in [1.807, 2.05) is 41.8 Å². The molecule has 0 N–H and O–H groups in total. The number of hydrogen-bond donors (Lipinski definition) is 0. The molecule has 0 unspecified atom stereocenters. The predicted octanol–water partition coefficient (Wildman–Crippen LogP) is 3.70. The molecule has 2 aromatic rings. The van der Waals surface area contributed by atoms with Crippen LogP contribution in [0, 0.1) is 3.57 Å². The van der Waals surface area contributed by atoms with E-state index < -0.39 is 5.97 Å². The Hall–Kier alpha value is -1.47. The van der Waals surface area contributed by atoms with Crippen LogP contribution in [0.4, 0.5) is 0 Å². The van der Waals surface area contributed by atoms with Gasteiger partial charge in [-0.2, -0.15) is 0 Å². The molecule has 1 aromatic carbocycles. The second-order valence-corrected chi connectivity index (χ2v) is 5.97. The zero-order chi connectivity index (χ0) is 13.2. The Morgan fingerprint density at radius 3 is 2.79 bits per heavy atom. The van der Waals surface area contributed by atoms with Gasteiger partial charge in [-0.25, -0.2) is 9.79 Å². The number of cyclic esters (lactones) is 1. The monoisotopic (exact) mass is 381 g/mol. The van der Waals surface area contributed by atoms with E-state index in [2.05, 4.69) is 27.6 Å². The number of carbonyl (C=O) groups is 1. The first-order valence-corrected chi connectivity index (χ1v) is 7.51. The normalized spacial score (nSPS) is 16.6. The number of halogens is 1. The summed E-state index contributed by atoms with van der Waals surface area (Å²) in [4.78, 5) is 17.1. The average molecular weight is 381 g/mol. The predicted molar refractivity (Wildman–Crippen MR) is 84.1 cm³/mol. The largest absolute Gasteiger partial charge is 0.402 e. The Kier molecular flexibility index (Phi) is 3.48. The minimum Gasteiger partial charge on any atom is -0.402 e. The summed E-state index contributed by atoms with van der Waals surface area (Å²) in [6, 6.07) is 11.5. The fraction of sp³-hybridized carbons (Fsp3) is 0. The van der Waals surface area contributed by atoms with E-state index in [1.165, 1.54) is 0 Å². The van der Waals surface area contributed by atoms with Gasteiger partial charge in [0.2, 0.25) is 5.90 Å². The lowest BCUT2D eigenvalue weighted by molar-refractivity contribution is -0.129. The van der Waals surface area contributed by atoms with Crippen LogP contribution in [0.2, 0.25) is 0 Å². The molecule has 0 aliphatic carbocycles. The number of carbonyl (C=O) groups excluding carboxylic acids is 1. The van der Waals surface area contributed by atoms with E-state index in [9.17, 15) is 4.79 Å². The van der Waals surface area contributed by atoms with Gasteiger partial charge in [-0.05, 0) is 52.2 Å². The van der Waals surface area contributed by atoms with Gasteiger partial charge in [-0.3, -0.25) is 0 Å². The van der Waals surface area contributed by atoms with Crippen LogP contribution in [-0.2, 0) is 9.53 Å². The van der Waals surface area contributed by atoms with Crippen molar-refractivity contribution in [3.8, 4) is 0 Å². The van der Waals surface area contributed by atoms with Crippen molar-refractivity contribution < 1.29 is 9.53 Å². The third-order valence-electron chi connectivity index (χ3n) is 2.55. The number of thiophene rings is 1. The zero-order valence-corrected chi connectivity index (χ0v) is 12.6. The van der Waals surface area contributed by atoms with Gasteiger partial charge in [-0.15, -0.1) is 11.3 Å². The summed E-state index contributed by atoms with van der Waals surface area (Å²) < 4.78 is 6.24. The molecule has 1 aliphatic heterocycles. The molecule has 2 heterocycles. The highest BCUT2D eigenvalue weighted by Gasteiger charge is 2.25. The first kappa shape index (κ1) is 12.6. The molecule has 0 fully saturated rings. The average Bonchev–Trinajstić information content (AvgIpc) is 3.02. The molecule has 3 nitrogen and oxygen atoms in total. The summed E-state index contributed by atoms with van der Waals surface area (Å²) >= 11 is 3.75. The minimum atomic E-state index is -0.400. The summed E-state index contributed by atoms with van der Waals surface area (Å²) in [6.45, 7) is 0. The third kappa shape index (κ3) is 2.62. The van der Waals surface area contributed by atoms with Crippen molar-refractivity contribution in [2.24, 2.45) is 4.99 Å². The lowest BCUT2D eigenvalue weighted by Crippen LogP contribution is -2.06. The van der Waals surface area contributed by atoms with Crippen molar-refractivity contribution in [3.05, 3.63) is 61.5 Å². The first-order valence-electron chi connectivity index (χ1n) is 5.55. The number of aliphatic imine (C=N–C) groups is 1. The van der Waals surface area contributed by atoms with Crippen LogP contribution >= 0.6 is 33.9 Å². The van der Waals surface area contributed by atoms with Crippen molar-refractivity contribution in [2.75, 3.05) is 0 Å². The molecule has 0 amide bonds. The molecular weight excluding hydrogens is 373 g/mol. The van der Waals surface area contributed by atoms with E-state index in [4.69, 9.17) is 4.74 Å². The smallest absolute Gasteiger partial charge is 0.363 e. The van der Waals surface area contributed by atoms with Crippen LogP contribution in [0.1, 0.15) is 10.4 Å². The number of hydrogen-bond acceptors (Lipinski definition) is 4. The Labute approximate surface area is 127 Å². The van der Waals surface area contributed by atoms with E-state index in [0.29, 0.717) is 11.6 Å². The SMILES string of the molecule is O=C1OC(c2ccccc2I)=N/C1=C\c1cccs1. The highest BCUT2D eigenvalue weighted by molar-refractivity contribution is 14.1. The number of nitrogens with zero attached hydrogens (tertiary/aromatic N) is 1. The van der Waals surface area contributed by atoms with E-state index in [-0.39, 0.29) is 0 Å². The molecule has 3 rings (SSSR count). The maximum absolute atomic E-state index is 11.8. The van der Waals surface area contributed by atoms with E-state index >= 15 is 0 Å². The molecule has 1 aliphatic rings. The Morgan fingerprint density at radius 1 is 1.21 bits per heavy atom. The van der Waals surface area contributed by atoms with Crippen LogP contribution in [0.25, 0.3) is 6.08 Å². The highest BCUT2D eigenvalue weighted by Crippen LogP contribution is 2.23. The number of esters is 1. The Balaban J connectivity index is 1.98. The first-order chi connectivity index (χ1) is 9.24. The molecule has 5 heteroatoms. The number of benzene rings is 1. The van der Waals surface area contributed by atoms with Crippen molar-refractivity contribution in [2.45, 2.75) is 0 Å². The van der Waals surface area contributed by atoms with Crippen LogP contribution < -0.4 is 0 Å². The lowest BCUT2D eigenvalue weighted by atomic mass is 10.2. The summed E-state index contributed by atoms with van der Waals surface area (Å²) in [5.74, 6) is -0.0270. The van der Waals surface area contributed by atoms with Gasteiger partial charge < -0.3 is 4.74 Å². The summed E-state index contributed by atoms with van der Waals surface area (Å²) in [6.07, 6.45) is 1.75. The zero-order valence-electron chi connectivity index (χ0n) is 9.67. The second-order valence-electron chi connectivity index (χ2n) is 3.83. The maximum atomic E-state index is 11.8. The molecule has 1 aromatic heterocycles. The highest BCUT2D eigenvalue weighted by atomic mass is 127. The molecule has 94 valence electrons. The van der Waals surface area contributed by atoms with Crippen molar-refractivity contribution in [1.29, 1.82) is 0 Å². The number of ether oxygens (including phenoxy) is 1. The molecular formula is C14H8INO2S. The Morgan fingerprint density at radius 2 is 2.05 bits per heavy atom. The van der Waals surface area contributed by atoms with Gasteiger partial charge in [0, 0.05) is 8.45 Å². The molecule has 0 saturated carbocycles. The molecule has 0 radical (unpaired) electrons. The van der Waals surface area contributed by atoms with E-state index in [0.717, 1.165) is 14.0 Å². The fourth-order valence-electron chi connectivity index (χ4n) is 1.67. The van der Waals surface area contributed by atoms with Crippen molar-refractivity contribution in [1.82, 2.24) is 0 Å². The third-order valence-corrected chi connectivity index (χ3v) is 4.31. The van der Waals surface area contributed by atoms with Crippen LogP contribution in [0.3, 0.4) is 0 Å². The van der Waals surface area contributed by atoms with Crippen LogP contribution in [-0.4, -0.2) is 11.9 Å². The molecule has 0 bridgehead atoms. The topological polar surface area (TPSA) is 38.7 Å². The molecule has 0 atom stereocenters. The summed E-state index contributed by atoms with van der Waals surface area (Å²) in [5, 5.41) is 1.96. The summed E-state index contributed by atoms with van der Waals surface area (Å²) in [5.41, 5.74) is 1.18. The molecule has 0 saturated heterocycles. The van der Waals surface area contributed by atoms with E-state index in [1.54, 1.807) is 17.4 Å². The van der Waals surface area contributed by atoms with Gasteiger partial charge in [-0.1, -0.05) is 18.2 Å². The van der Waals surface area contributed by atoms with Crippen LogP contribution in [0.15, 0.2) is 52.5 Å². The number of rotatable bonds is 2. The van der Waals surface area contributed by atoms with Crippen molar-refractivity contribution >= 4 is 51.9 Å². The minimum absolute atomic E-state index is 0.345. The Bertz CT molecular complexity index is 689. The van der Waals surface area contributed by atoms with Crippen molar-refractivity contribution in [3.63, 3.8) is 0 Å². The quantitative estimate of drug-likeness (QED) is 0.452. The molecule has 0 spiro atoms. The van der Waals surface area contributed by atoms with Gasteiger partial charge in [0.1, 0.15) is 0 Å². The fourth-order valence-corrected chi connectivity index (χ4v) is 2.94. The lowest BCUT2D eigenvalue weighted by Gasteiger charge is -2.01. The van der Waals surface area contributed by atoms with Gasteiger partial charge in [0.15, 0.2) is 5.70 Å². The van der Waals surface area contributed by atoms with Gasteiger partial charge >= 0.3 is 5.97 Å². The van der Waals surface area contributed by atoms with Gasteiger partial charge in [0.25, 0.3) is 0 Å². The standard InChI is InChI=1S/C14H8INO2S/c15-11-6-2-1-5-10(11)13-16-12(14(17)18-13)8-9-4-3-7-19-9/h1-8H/b12-8-.